The molecule has 2 atom stereocenters. The Labute approximate surface area is 128 Å². The molecule has 0 saturated heterocycles. The van der Waals surface area contributed by atoms with Crippen molar-refractivity contribution in [2.45, 2.75) is 52.5 Å². The second-order valence-electron chi connectivity index (χ2n) is 6.13. The highest BCUT2D eigenvalue weighted by molar-refractivity contribution is 5.44. The van der Waals surface area contributed by atoms with Crippen molar-refractivity contribution in [2.24, 2.45) is 17.6 Å². The monoisotopic (exact) mass is 291 g/mol. The van der Waals surface area contributed by atoms with Gasteiger partial charge < -0.3 is 15.2 Å². The van der Waals surface area contributed by atoms with Crippen molar-refractivity contribution in [3.8, 4) is 11.5 Å². The van der Waals surface area contributed by atoms with Gasteiger partial charge in [0, 0.05) is 6.04 Å². The average molecular weight is 291 g/mol. The van der Waals surface area contributed by atoms with Crippen LogP contribution < -0.4 is 15.2 Å². The summed E-state index contributed by atoms with van der Waals surface area (Å²) in [6.45, 7) is 7.90. The van der Waals surface area contributed by atoms with Crippen molar-refractivity contribution in [1.29, 1.82) is 0 Å². The Balaban J connectivity index is 2.14. The lowest BCUT2D eigenvalue weighted by molar-refractivity contribution is 0.267. The summed E-state index contributed by atoms with van der Waals surface area (Å²) in [5.74, 6) is 3.00. The van der Waals surface area contributed by atoms with Gasteiger partial charge in [-0.3, -0.25) is 0 Å². The molecular formula is C18H29NO2. The van der Waals surface area contributed by atoms with E-state index >= 15 is 0 Å². The zero-order valence-electron chi connectivity index (χ0n) is 13.6. The van der Waals surface area contributed by atoms with Gasteiger partial charge in [0.25, 0.3) is 0 Å². The Morgan fingerprint density at radius 2 is 1.71 bits per heavy atom. The van der Waals surface area contributed by atoms with E-state index in [2.05, 4.69) is 32.9 Å². The van der Waals surface area contributed by atoms with Gasteiger partial charge >= 0.3 is 0 Å². The second-order valence-corrected chi connectivity index (χ2v) is 6.13. The van der Waals surface area contributed by atoms with Gasteiger partial charge in [0.2, 0.25) is 0 Å². The molecule has 0 heterocycles. The van der Waals surface area contributed by atoms with Crippen molar-refractivity contribution in [3.63, 3.8) is 0 Å². The minimum Gasteiger partial charge on any atom is -0.490 e. The van der Waals surface area contributed by atoms with Gasteiger partial charge in [0.05, 0.1) is 13.2 Å². The first-order chi connectivity index (χ1) is 10.2. The van der Waals surface area contributed by atoms with E-state index in [9.17, 15) is 0 Å². The Hall–Kier alpha value is -1.22. The lowest BCUT2D eigenvalue weighted by atomic mass is 9.91. The Morgan fingerprint density at radius 3 is 2.29 bits per heavy atom. The Morgan fingerprint density at radius 1 is 1.10 bits per heavy atom. The number of hydrogen-bond acceptors (Lipinski definition) is 3. The van der Waals surface area contributed by atoms with Crippen LogP contribution in [0.3, 0.4) is 0 Å². The van der Waals surface area contributed by atoms with Crippen LogP contribution in [-0.2, 0) is 0 Å². The van der Waals surface area contributed by atoms with Gasteiger partial charge in [0.15, 0.2) is 11.5 Å². The first kappa shape index (κ1) is 16.2. The predicted molar refractivity (Wildman–Crippen MR) is 86.8 cm³/mol. The molecular weight excluding hydrogens is 262 g/mol. The Bertz CT molecular complexity index is 443. The van der Waals surface area contributed by atoms with E-state index in [0.29, 0.717) is 19.1 Å². The summed E-state index contributed by atoms with van der Waals surface area (Å²) in [7, 11) is 0. The van der Waals surface area contributed by atoms with Crippen LogP contribution >= 0.6 is 0 Å². The fourth-order valence-electron chi connectivity index (χ4n) is 2.61. The SMILES string of the molecule is CCCOc1ccc(C(N)C(C)C2CC2)cc1OCCC. The maximum absolute atomic E-state index is 6.43. The molecule has 0 aromatic heterocycles. The van der Waals surface area contributed by atoms with Crippen LogP contribution in [0.2, 0.25) is 0 Å². The van der Waals surface area contributed by atoms with Gasteiger partial charge in [-0.1, -0.05) is 26.8 Å². The molecule has 3 nitrogen and oxygen atoms in total. The first-order valence-electron chi connectivity index (χ1n) is 8.32. The molecule has 0 bridgehead atoms. The van der Waals surface area contributed by atoms with Crippen LogP contribution in [0.15, 0.2) is 18.2 Å². The molecule has 2 unspecified atom stereocenters. The van der Waals surface area contributed by atoms with Crippen LogP contribution in [-0.4, -0.2) is 13.2 Å². The Kier molecular flexibility index (Phi) is 5.92. The van der Waals surface area contributed by atoms with Crippen LogP contribution in [0.25, 0.3) is 0 Å². The van der Waals surface area contributed by atoms with Crippen LogP contribution in [0.4, 0.5) is 0 Å². The van der Waals surface area contributed by atoms with Gasteiger partial charge in [-0.2, -0.15) is 0 Å². The third kappa shape index (κ3) is 4.37. The summed E-state index contributed by atoms with van der Waals surface area (Å²) < 4.78 is 11.6. The molecule has 2 N–H and O–H groups in total. The number of nitrogens with two attached hydrogens (primary N) is 1. The summed E-state index contributed by atoms with van der Waals surface area (Å²) in [6.07, 6.45) is 4.63. The first-order valence-corrected chi connectivity index (χ1v) is 8.32. The highest BCUT2D eigenvalue weighted by Crippen LogP contribution is 2.42. The van der Waals surface area contributed by atoms with Crippen LogP contribution in [0, 0.1) is 11.8 Å². The zero-order chi connectivity index (χ0) is 15.2. The van der Waals surface area contributed by atoms with Crippen molar-refractivity contribution in [3.05, 3.63) is 23.8 Å². The molecule has 1 aromatic carbocycles. The number of hydrogen-bond donors (Lipinski definition) is 1. The van der Waals surface area contributed by atoms with Gasteiger partial charge in [-0.05, 0) is 55.2 Å². The second kappa shape index (κ2) is 7.69. The average Bonchev–Trinajstić information content (AvgIpc) is 3.34. The maximum atomic E-state index is 6.43. The third-order valence-corrected chi connectivity index (χ3v) is 4.21. The van der Waals surface area contributed by atoms with Gasteiger partial charge in [0.1, 0.15) is 0 Å². The van der Waals surface area contributed by atoms with E-state index in [1.165, 1.54) is 12.8 Å². The molecule has 3 heteroatoms. The minimum absolute atomic E-state index is 0.0849. The molecule has 0 radical (unpaired) electrons. The fourth-order valence-corrected chi connectivity index (χ4v) is 2.61. The highest BCUT2D eigenvalue weighted by Gasteiger charge is 2.32. The van der Waals surface area contributed by atoms with E-state index in [1.54, 1.807) is 0 Å². The summed E-state index contributed by atoms with van der Waals surface area (Å²) >= 11 is 0. The van der Waals surface area contributed by atoms with Crippen molar-refractivity contribution in [2.75, 3.05) is 13.2 Å². The molecule has 2 rings (SSSR count). The number of benzene rings is 1. The summed E-state index contributed by atoms with van der Waals surface area (Å²) in [4.78, 5) is 0. The third-order valence-electron chi connectivity index (χ3n) is 4.21. The zero-order valence-corrected chi connectivity index (χ0v) is 13.6. The molecule has 1 fully saturated rings. The number of ether oxygens (including phenoxy) is 2. The lowest BCUT2D eigenvalue weighted by Gasteiger charge is -2.21. The standard InChI is InChI=1S/C18H29NO2/c1-4-10-20-16-9-8-15(12-17(16)21-11-5-2)18(19)13(3)14-6-7-14/h8-9,12-14,18H,4-7,10-11,19H2,1-3H3. The van der Waals surface area contributed by atoms with Gasteiger partial charge in [-0.15, -0.1) is 0 Å². The molecule has 1 aliphatic rings. The van der Waals surface area contributed by atoms with Gasteiger partial charge in [-0.25, -0.2) is 0 Å². The minimum atomic E-state index is 0.0849. The van der Waals surface area contributed by atoms with Crippen molar-refractivity contribution in [1.82, 2.24) is 0 Å². The van der Waals surface area contributed by atoms with E-state index < -0.39 is 0 Å². The largest absolute Gasteiger partial charge is 0.490 e. The topological polar surface area (TPSA) is 44.5 Å². The molecule has 1 saturated carbocycles. The molecule has 0 spiro atoms. The molecule has 21 heavy (non-hydrogen) atoms. The molecule has 118 valence electrons. The van der Waals surface area contributed by atoms with E-state index in [0.717, 1.165) is 35.8 Å². The normalized spacial score (nSPS) is 17.3. The van der Waals surface area contributed by atoms with Crippen LogP contribution in [0.5, 0.6) is 11.5 Å². The molecule has 0 aliphatic heterocycles. The highest BCUT2D eigenvalue weighted by atomic mass is 16.5. The predicted octanol–water partition coefficient (Wildman–Crippen LogP) is 4.31. The van der Waals surface area contributed by atoms with E-state index in [-0.39, 0.29) is 6.04 Å². The smallest absolute Gasteiger partial charge is 0.161 e. The van der Waals surface area contributed by atoms with E-state index in [1.807, 2.05) is 6.07 Å². The molecule has 1 aromatic rings. The fraction of sp³-hybridized carbons (Fsp3) is 0.667. The number of rotatable bonds is 9. The van der Waals surface area contributed by atoms with Crippen LogP contribution in [0.1, 0.15) is 58.1 Å². The van der Waals surface area contributed by atoms with E-state index in [4.69, 9.17) is 15.2 Å². The summed E-state index contributed by atoms with van der Waals surface area (Å²) in [6, 6.07) is 6.26. The molecule has 1 aliphatic carbocycles. The van der Waals surface area contributed by atoms with Crippen molar-refractivity contribution < 1.29 is 9.47 Å². The summed E-state index contributed by atoms with van der Waals surface area (Å²) in [5, 5.41) is 0. The lowest BCUT2D eigenvalue weighted by Crippen LogP contribution is -2.20. The molecule has 0 amide bonds. The quantitative estimate of drug-likeness (QED) is 0.737. The maximum Gasteiger partial charge on any atom is 0.161 e. The van der Waals surface area contributed by atoms with Crippen molar-refractivity contribution >= 4 is 0 Å². The summed E-state index contributed by atoms with van der Waals surface area (Å²) in [5.41, 5.74) is 7.59.